The van der Waals surface area contributed by atoms with E-state index in [2.05, 4.69) is 20.3 Å². The second-order valence-corrected chi connectivity index (χ2v) is 4.18. The van der Waals surface area contributed by atoms with Gasteiger partial charge in [0.05, 0.1) is 23.0 Å². The predicted molar refractivity (Wildman–Crippen MR) is 75.6 cm³/mol. The van der Waals surface area contributed by atoms with Gasteiger partial charge in [-0.1, -0.05) is 0 Å². The highest BCUT2D eigenvalue weighted by atomic mass is 16.1. The summed E-state index contributed by atoms with van der Waals surface area (Å²) in [6.45, 7) is 0. The van der Waals surface area contributed by atoms with Crippen LogP contribution >= 0.6 is 0 Å². The molecule has 0 bridgehead atoms. The fraction of sp³-hybridized carbons (Fsp3) is 0. The van der Waals surface area contributed by atoms with Crippen LogP contribution in [0.4, 0.5) is 11.5 Å². The van der Waals surface area contributed by atoms with Crippen molar-refractivity contribution in [1.82, 2.24) is 15.0 Å². The van der Waals surface area contributed by atoms with Crippen molar-refractivity contribution >= 4 is 28.3 Å². The van der Waals surface area contributed by atoms with E-state index in [1.165, 1.54) is 0 Å². The number of pyridine rings is 3. The molecule has 20 heavy (non-hydrogen) atoms. The van der Waals surface area contributed by atoms with Crippen LogP contribution in [0.1, 0.15) is 10.4 Å². The average Bonchev–Trinajstić information content (AvgIpc) is 2.47. The normalized spacial score (nSPS) is 10.4. The molecule has 98 valence electrons. The summed E-state index contributed by atoms with van der Waals surface area (Å²) in [5.41, 5.74) is 7.21. The van der Waals surface area contributed by atoms with Crippen molar-refractivity contribution < 1.29 is 4.79 Å². The molecule has 0 unspecified atom stereocenters. The zero-order valence-electron chi connectivity index (χ0n) is 10.4. The Balaban J connectivity index is 1.99. The first-order valence-corrected chi connectivity index (χ1v) is 5.95. The second kappa shape index (κ2) is 4.93. The van der Waals surface area contributed by atoms with Crippen molar-refractivity contribution in [1.29, 1.82) is 0 Å². The standard InChI is InChI=1S/C14H11N5O/c15-13(20)11-2-1-4-17-14(11)19-10-6-9-7-16-5-3-12(9)18-8-10/h1-8H,(H2,15,20)(H,17,19). The van der Waals surface area contributed by atoms with Gasteiger partial charge in [0.1, 0.15) is 5.82 Å². The summed E-state index contributed by atoms with van der Waals surface area (Å²) in [7, 11) is 0. The van der Waals surface area contributed by atoms with Crippen LogP contribution in [0.25, 0.3) is 10.9 Å². The van der Waals surface area contributed by atoms with E-state index >= 15 is 0 Å². The van der Waals surface area contributed by atoms with Gasteiger partial charge in [0.15, 0.2) is 0 Å². The van der Waals surface area contributed by atoms with Crippen LogP contribution in [0, 0.1) is 0 Å². The van der Waals surface area contributed by atoms with Crippen LogP contribution in [-0.4, -0.2) is 20.9 Å². The van der Waals surface area contributed by atoms with E-state index in [9.17, 15) is 4.79 Å². The maximum absolute atomic E-state index is 11.3. The lowest BCUT2D eigenvalue weighted by atomic mass is 10.2. The van der Waals surface area contributed by atoms with E-state index < -0.39 is 5.91 Å². The minimum atomic E-state index is -0.531. The van der Waals surface area contributed by atoms with Crippen molar-refractivity contribution in [2.24, 2.45) is 5.73 Å². The molecule has 6 heteroatoms. The number of carbonyl (C=O) groups is 1. The van der Waals surface area contributed by atoms with E-state index in [0.29, 0.717) is 17.1 Å². The number of hydrogen-bond acceptors (Lipinski definition) is 5. The number of primary amides is 1. The topological polar surface area (TPSA) is 93.8 Å². The largest absolute Gasteiger partial charge is 0.365 e. The molecular formula is C14H11N5O. The van der Waals surface area contributed by atoms with Gasteiger partial charge in [0.25, 0.3) is 5.91 Å². The molecule has 0 fully saturated rings. The molecule has 0 aliphatic rings. The highest BCUT2D eigenvalue weighted by molar-refractivity contribution is 5.98. The van der Waals surface area contributed by atoms with Gasteiger partial charge in [0, 0.05) is 24.0 Å². The van der Waals surface area contributed by atoms with Crippen LogP contribution in [-0.2, 0) is 0 Å². The van der Waals surface area contributed by atoms with E-state index in [4.69, 9.17) is 5.73 Å². The number of carbonyl (C=O) groups excluding carboxylic acids is 1. The third-order valence-corrected chi connectivity index (χ3v) is 2.82. The lowest BCUT2D eigenvalue weighted by Crippen LogP contribution is -2.14. The lowest BCUT2D eigenvalue weighted by Gasteiger charge is -2.08. The molecular weight excluding hydrogens is 254 g/mol. The second-order valence-electron chi connectivity index (χ2n) is 4.18. The number of hydrogen-bond donors (Lipinski definition) is 2. The zero-order valence-corrected chi connectivity index (χ0v) is 10.4. The number of nitrogens with one attached hydrogen (secondary N) is 1. The van der Waals surface area contributed by atoms with E-state index in [0.717, 1.165) is 10.9 Å². The molecule has 0 radical (unpaired) electrons. The lowest BCUT2D eigenvalue weighted by molar-refractivity contribution is 0.100. The number of nitrogens with two attached hydrogens (primary N) is 1. The van der Waals surface area contributed by atoms with E-state index in [1.807, 2.05) is 12.1 Å². The first kappa shape index (κ1) is 12.0. The molecule has 3 heterocycles. The molecule has 0 atom stereocenters. The van der Waals surface area contributed by atoms with Gasteiger partial charge in [-0.05, 0) is 24.3 Å². The summed E-state index contributed by atoms with van der Waals surface area (Å²) in [5.74, 6) is -0.124. The summed E-state index contributed by atoms with van der Waals surface area (Å²) in [6, 6.07) is 6.99. The number of rotatable bonds is 3. The van der Waals surface area contributed by atoms with Gasteiger partial charge in [0.2, 0.25) is 0 Å². The minimum absolute atomic E-state index is 0.332. The average molecular weight is 265 g/mol. The molecule has 3 aromatic heterocycles. The van der Waals surface area contributed by atoms with Gasteiger partial charge >= 0.3 is 0 Å². The summed E-state index contributed by atoms with van der Waals surface area (Å²) in [4.78, 5) is 23.8. The van der Waals surface area contributed by atoms with Gasteiger partial charge in [-0.3, -0.25) is 14.8 Å². The number of anilines is 2. The zero-order chi connectivity index (χ0) is 13.9. The quantitative estimate of drug-likeness (QED) is 0.754. The van der Waals surface area contributed by atoms with Crippen LogP contribution in [0.15, 0.2) is 49.1 Å². The minimum Gasteiger partial charge on any atom is -0.365 e. The molecule has 3 rings (SSSR count). The Labute approximate surface area is 114 Å². The Morgan fingerprint density at radius 2 is 2.05 bits per heavy atom. The first-order chi connectivity index (χ1) is 9.74. The van der Waals surface area contributed by atoms with E-state index in [-0.39, 0.29) is 0 Å². The van der Waals surface area contributed by atoms with Crippen molar-refractivity contribution in [3.05, 3.63) is 54.6 Å². The Bertz CT molecular complexity index is 787. The predicted octanol–water partition coefficient (Wildman–Crippen LogP) is 1.87. The SMILES string of the molecule is NC(=O)c1cccnc1Nc1cnc2ccncc2c1. The maximum Gasteiger partial charge on any atom is 0.252 e. The monoisotopic (exact) mass is 265 g/mol. The molecule has 0 saturated carbocycles. The van der Waals surface area contributed by atoms with E-state index in [1.54, 1.807) is 36.9 Å². The Morgan fingerprint density at radius 3 is 2.90 bits per heavy atom. The van der Waals surface area contributed by atoms with Crippen molar-refractivity contribution in [3.8, 4) is 0 Å². The van der Waals surface area contributed by atoms with Crippen molar-refractivity contribution in [3.63, 3.8) is 0 Å². The number of aromatic nitrogens is 3. The summed E-state index contributed by atoms with van der Waals surface area (Å²) in [5, 5.41) is 3.94. The van der Waals surface area contributed by atoms with Crippen LogP contribution in [0.3, 0.4) is 0 Å². The first-order valence-electron chi connectivity index (χ1n) is 5.95. The molecule has 1 amide bonds. The number of nitrogens with zero attached hydrogens (tertiary/aromatic N) is 3. The molecule has 0 aromatic carbocycles. The fourth-order valence-corrected chi connectivity index (χ4v) is 1.88. The van der Waals surface area contributed by atoms with Gasteiger partial charge < -0.3 is 11.1 Å². The molecule has 6 nitrogen and oxygen atoms in total. The highest BCUT2D eigenvalue weighted by Gasteiger charge is 2.09. The Morgan fingerprint density at radius 1 is 1.15 bits per heavy atom. The summed E-state index contributed by atoms with van der Waals surface area (Å²) >= 11 is 0. The molecule has 3 N–H and O–H groups in total. The molecule has 0 saturated heterocycles. The Kier molecular flexibility index (Phi) is 2.96. The Hall–Kier alpha value is -3.02. The van der Waals surface area contributed by atoms with Crippen molar-refractivity contribution in [2.45, 2.75) is 0 Å². The van der Waals surface area contributed by atoms with Crippen LogP contribution in [0.5, 0.6) is 0 Å². The number of fused-ring (bicyclic) bond motifs is 1. The van der Waals surface area contributed by atoms with Gasteiger partial charge in [-0.15, -0.1) is 0 Å². The third kappa shape index (κ3) is 2.26. The fourth-order valence-electron chi connectivity index (χ4n) is 1.88. The maximum atomic E-state index is 11.3. The highest BCUT2D eigenvalue weighted by Crippen LogP contribution is 2.20. The van der Waals surface area contributed by atoms with Crippen LogP contribution in [0.2, 0.25) is 0 Å². The third-order valence-electron chi connectivity index (χ3n) is 2.82. The molecule has 0 aliphatic heterocycles. The van der Waals surface area contributed by atoms with Crippen LogP contribution < -0.4 is 11.1 Å². The van der Waals surface area contributed by atoms with Gasteiger partial charge in [-0.2, -0.15) is 0 Å². The smallest absolute Gasteiger partial charge is 0.252 e. The molecule has 0 spiro atoms. The number of amides is 1. The summed E-state index contributed by atoms with van der Waals surface area (Å²) in [6.07, 6.45) is 6.67. The summed E-state index contributed by atoms with van der Waals surface area (Å²) < 4.78 is 0. The van der Waals surface area contributed by atoms with Gasteiger partial charge in [-0.25, -0.2) is 4.98 Å². The molecule has 3 aromatic rings. The molecule has 0 aliphatic carbocycles. The van der Waals surface area contributed by atoms with Crippen molar-refractivity contribution in [2.75, 3.05) is 5.32 Å².